The molecule has 0 bridgehead atoms. The Balaban J connectivity index is 1.76. The third kappa shape index (κ3) is 3.91. The van der Waals surface area contributed by atoms with Crippen molar-refractivity contribution in [1.29, 1.82) is 0 Å². The largest absolute Gasteiger partial charge is 0.366 e. The quantitative estimate of drug-likeness (QED) is 0.567. The van der Waals surface area contributed by atoms with Crippen LogP contribution in [-0.2, 0) is 9.59 Å². The van der Waals surface area contributed by atoms with E-state index in [1.165, 1.54) is 11.8 Å². The Morgan fingerprint density at radius 2 is 1.59 bits per heavy atom. The maximum absolute atomic E-state index is 13.4. The minimum Gasteiger partial charge on any atom is -0.366 e. The number of aryl methyl sites for hydroxylation is 1. The topological polar surface area (TPSA) is 40.6 Å². The van der Waals surface area contributed by atoms with Gasteiger partial charge in [0.2, 0.25) is 0 Å². The van der Waals surface area contributed by atoms with Crippen molar-refractivity contribution in [2.45, 2.75) is 31.1 Å². The van der Waals surface area contributed by atoms with E-state index in [0.29, 0.717) is 21.3 Å². The third-order valence-corrected chi connectivity index (χ3v) is 6.99. The van der Waals surface area contributed by atoms with Gasteiger partial charge in [-0.3, -0.25) is 9.59 Å². The summed E-state index contributed by atoms with van der Waals surface area (Å²) in [6.07, 6.45) is 3.15. The molecule has 1 saturated heterocycles. The summed E-state index contributed by atoms with van der Waals surface area (Å²) >= 11 is 13.8. The van der Waals surface area contributed by atoms with Gasteiger partial charge in [0.1, 0.15) is 10.6 Å². The molecule has 2 heterocycles. The van der Waals surface area contributed by atoms with Gasteiger partial charge in [-0.2, -0.15) is 0 Å². The molecule has 4 rings (SSSR count). The number of carbonyl (C=O) groups is 2. The maximum Gasteiger partial charge on any atom is 0.283 e. The second-order valence-corrected chi connectivity index (χ2v) is 9.03. The van der Waals surface area contributed by atoms with Gasteiger partial charge in [-0.05, 0) is 50.5 Å². The van der Waals surface area contributed by atoms with Crippen LogP contribution in [0.3, 0.4) is 0 Å². The first kappa shape index (κ1) is 20.3. The van der Waals surface area contributed by atoms with E-state index in [1.54, 1.807) is 18.2 Å². The Hall–Kier alpha value is -1.95. The lowest BCUT2D eigenvalue weighted by Gasteiger charge is -2.29. The lowest BCUT2D eigenvalue weighted by Crippen LogP contribution is -2.37. The van der Waals surface area contributed by atoms with Crippen LogP contribution < -0.4 is 4.90 Å². The number of carbonyl (C=O) groups excluding carboxylic acids is 2. The predicted octanol–water partition coefficient (Wildman–Crippen LogP) is 5.66. The molecule has 0 aromatic heterocycles. The van der Waals surface area contributed by atoms with Gasteiger partial charge in [0.05, 0.1) is 15.7 Å². The smallest absolute Gasteiger partial charge is 0.283 e. The summed E-state index contributed by atoms with van der Waals surface area (Å²) in [5.41, 5.74) is 1.93. The number of hydrogen-bond donors (Lipinski definition) is 0. The molecule has 29 heavy (non-hydrogen) atoms. The lowest BCUT2D eigenvalue weighted by atomic mass is 10.1. The number of imide groups is 1. The number of anilines is 1. The van der Waals surface area contributed by atoms with Crippen molar-refractivity contribution < 1.29 is 9.59 Å². The number of nitrogens with zero attached hydrogens (tertiary/aromatic N) is 2. The second kappa shape index (κ2) is 8.42. The summed E-state index contributed by atoms with van der Waals surface area (Å²) < 4.78 is 0. The Kier molecular flexibility index (Phi) is 5.91. The van der Waals surface area contributed by atoms with Crippen molar-refractivity contribution in [3.63, 3.8) is 0 Å². The Bertz CT molecular complexity index is 998. The summed E-state index contributed by atoms with van der Waals surface area (Å²) in [4.78, 5) is 31.4. The maximum atomic E-state index is 13.4. The summed E-state index contributed by atoms with van der Waals surface area (Å²) in [5.74, 6) is -0.694. The van der Waals surface area contributed by atoms with Crippen LogP contribution in [0.4, 0.5) is 5.69 Å². The summed E-state index contributed by atoms with van der Waals surface area (Å²) in [6, 6.07) is 12.9. The lowest BCUT2D eigenvalue weighted by molar-refractivity contribution is -0.121. The molecule has 1 fully saturated rings. The Morgan fingerprint density at radius 3 is 2.28 bits per heavy atom. The average Bonchev–Trinajstić information content (AvgIpc) is 2.96. The number of benzene rings is 2. The van der Waals surface area contributed by atoms with Crippen LogP contribution in [0.5, 0.6) is 0 Å². The zero-order valence-corrected chi connectivity index (χ0v) is 18.3. The fourth-order valence-corrected chi connectivity index (χ4v) is 4.97. The van der Waals surface area contributed by atoms with Crippen LogP contribution in [0.15, 0.2) is 58.0 Å². The van der Waals surface area contributed by atoms with Gasteiger partial charge in [0.15, 0.2) is 0 Å². The molecular formula is C22H20Cl2N2O2S. The van der Waals surface area contributed by atoms with Crippen LogP contribution in [0.25, 0.3) is 0 Å². The highest BCUT2D eigenvalue weighted by Gasteiger charge is 2.43. The van der Waals surface area contributed by atoms with E-state index in [9.17, 15) is 9.59 Å². The third-order valence-electron chi connectivity index (χ3n) is 5.10. The second-order valence-electron chi connectivity index (χ2n) is 7.16. The molecular weight excluding hydrogens is 427 g/mol. The van der Waals surface area contributed by atoms with Crippen molar-refractivity contribution in [2.24, 2.45) is 0 Å². The van der Waals surface area contributed by atoms with Gasteiger partial charge in [-0.25, -0.2) is 4.90 Å². The monoisotopic (exact) mass is 446 g/mol. The van der Waals surface area contributed by atoms with E-state index >= 15 is 0 Å². The molecule has 2 aromatic rings. The molecule has 150 valence electrons. The molecule has 0 spiro atoms. The van der Waals surface area contributed by atoms with Crippen molar-refractivity contribution in [3.05, 3.63) is 68.7 Å². The Labute approximate surface area is 184 Å². The van der Waals surface area contributed by atoms with Gasteiger partial charge < -0.3 is 4.90 Å². The SMILES string of the molecule is Cc1ccc(SC2=C(N3CCCCC3)C(=O)N(c3cccc(Cl)c3Cl)C2=O)cc1. The first-order valence-corrected chi connectivity index (χ1v) is 11.1. The van der Waals surface area contributed by atoms with E-state index in [2.05, 4.69) is 0 Å². The first-order valence-electron chi connectivity index (χ1n) is 9.54. The molecule has 2 aromatic carbocycles. The molecule has 0 aliphatic carbocycles. The number of rotatable bonds is 4. The van der Waals surface area contributed by atoms with Gasteiger partial charge in [0.25, 0.3) is 11.8 Å². The number of halogens is 2. The standard InChI is InChI=1S/C22H20Cl2N2O2S/c1-14-8-10-15(11-9-14)29-20-19(25-12-3-2-4-13-25)21(27)26(22(20)28)17-7-5-6-16(23)18(17)24/h5-11H,2-4,12-13H2,1H3. The van der Waals surface area contributed by atoms with Crippen molar-refractivity contribution in [2.75, 3.05) is 18.0 Å². The highest BCUT2D eigenvalue weighted by Crippen LogP contribution is 2.42. The summed E-state index contributed by atoms with van der Waals surface area (Å²) in [7, 11) is 0. The molecule has 2 amide bonds. The molecule has 0 saturated carbocycles. The average molecular weight is 447 g/mol. The van der Waals surface area contributed by atoms with Gasteiger partial charge >= 0.3 is 0 Å². The minimum absolute atomic E-state index is 0.204. The van der Waals surface area contributed by atoms with Crippen LogP contribution in [0.2, 0.25) is 10.0 Å². The normalized spacial score (nSPS) is 17.5. The number of thioether (sulfide) groups is 1. The summed E-state index contributed by atoms with van der Waals surface area (Å²) in [5, 5.41) is 0.513. The van der Waals surface area contributed by atoms with E-state index in [-0.39, 0.29) is 16.8 Å². The number of piperidine rings is 1. The molecule has 0 N–H and O–H groups in total. The van der Waals surface area contributed by atoms with Gasteiger partial charge in [0, 0.05) is 18.0 Å². The number of hydrogen-bond acceptors (Lipinski definition) is 4. The summed E-state index contributed by atoms with van der Waals surface area (Å²) in [6.45, 7) is 3.55. The predicted molar refractivity (Wildman–Crippen MR) is 118 cm³/mol. The number of amides is 2. The van der Waals surface area contributed by atoms with E-state index < -0.39 is 0 Å². The minimum atomic E-state index is -0.356. The molecule has 0 atom stereocenters. The van der Waals surface area contributed by atoms with E-state index in [4.69, 9.17) is 23.2 Å². The zero-order valence-electron chi connectivity index (χ0n) is 16.0. The van der Waals surface area contributed by atoms with Gasteiger partial charge in [-0.1, -0.05) is 58.7 Å². The molecule has 2 aliphatic heterocycles. The highest BCUT2D eigenvalue weighted by atomic mass is 35.5. The first-order chi connectivity index (χ1) is 14.0. The molecule has 0 unspecified atom stereocenters. The zero-order chi connectivity index (χ0) is 20.5. The van der Waals surface area contributed by atoms with Crippen LogP contribution in [0, 0.1) is 6.92 Å². The Morgan fingerprint density at radius 1 is 0.897 bits per heavy atom. The van der Waals surface area contributed by atoms with Gasteiger partial charge in [-0.15, -0.1) is 0 Å². The van der Waals surface area contributed by atoms with E-state index in [1.807, 2.05) is 36.1 Å². The van der Waals surface area contributed by atoms with E-state index in [0.717, 1.165) is 47.7 Å². The highest BCUT2D eigenvalue weighted by molar-refractivity contribution is 8.04. The molecule has 2 aliphatic rings. The fourth-order valence-electron chi connectivity index (χ4n) is 3.59. The fraction of sp³-hybridized carbons (Fsp3) is 0.273. The number of likely N-dealkylation sites (tertiary alicyclic amines) is 1. The molecule has 4 nitrogen and oxygen atoms in total. The molecule has 7 heteroatoms. The van der Waals surface area contributed by atoms with Crippen molar-refractivity contribution in [1.82, 2.24) is 4.90 Å². The van der Waals surface area contributed by atoms with Crippen LogP contribution >= 0.6 is 35.0 Å². The van der Waals surface area contributed by atoms with Crippen LogP contribution in [0.1, 0.15) is 24.8 Å². The van der Waals surface area contributed by atoms with Crippen molar-refractivity contribution >= 4 is 52.5 Å². The molecule has 0 radical (unpaired) electrons. The van der Waals surface area contributed by atoms with Crippen molar-refractivity contribution in [3.8, 4) is 0 Å². The van der Waals surface area contributed by atoms with Crippen LogP contribution in [-0.4, -0.2) is 29.8 Å².